The van der Waals surface area contributed by atoms with E-state index in [1.54, 1.807) is 12.1 Å². The third-order valence-corrected chi connectivity index (χ3v) is 5.16. The van der Waals surface area contributed by atoms with Crippen LogP contribution < -0.4 is 4.72 Å². The van der Waals surface area contributed by atoms with Crippen LogP contribution in [0.3, 0.4) is 0 Å². The van der Waals surface area contributed by atoms with E-state index in [9.17, 15) is 13.2 Å². The van der Waals surface area contributed by atoms with E-state index in [1.807, 2.05) is 0 Å². The van der Waals surface area contributed by atoms with Crippen molar-refractivity contribution in [2.75, 3.05) is 11.6 Å². The quantitative estimate of drug-likeness (QED) is 0.705. The van der Waals surface area contributed by atoms with Crippen LogP contribution >= 0.6 is 34.5 Å². The van der Waals surface area contributed by atoms with E-state index >= 15 is 0 Å². The molecule has 0 saturated heterocycles. The number of carboxylic acids is 1. The van der Waals surface area contributed by atoms with Crippen LogP contribution in [0, 0.1) is 0 Å². The highest BCUT2D eigenvalue weighted by atomic mass is 35.5. The Morgan fingerprint density at radius 2 is 2.16 bits per heavy atom. The third-order valence-electron chi connectivity index (χ3n) is 2.26. The largest absolute Gasteiger partial charge is 0.480 e. The van der Waals surface area contributed by atoms with Gasteiger partial charge in [-0.1, -0.05) is 11.6 Å². The number of thiophene rings is 1. The Kier molecular flexibility index (Phi) is 6.55. The van der Waals surface area contributed by atoms with Gasteiger partial charge in [0.1, 0.15) is 6.04 Å². The van der Waals surface area contributed by atoms with Gasteiger partial charge in [0.25, 0.3) is 0 Å². The Morgan fingerprint density at radius 3 is 2.63 bits per heavy atom. The first-order chi connectivity index (χ1) is 8.84. The average molecular weight is 346 g/mol. The zero-order chi connectivity index (χ0) is 14.5. The summed E-state index contributed by atoms with van der Waals surface area (Å²) in [4.78, 5) is 11.7. The number of carboxylic acid groups (broad SMARTS) is 1. The van der Waals surface area contributed by atoms with Crippen molar-refractivity contribution in [2.45, 2.75) is 18.9 Å². The van der Waals surface area contributed by atoms with E-state index in [-0.39, 0.29) is 18.1 Å². The summed E-state index contributed by atoms with van der Waals surface area (Å²) in [6.45, 7) is 0. The standard InChI is InChI=1S/C10H13Cl2NO4S2/c11-5-3-8(10(14)15)13-19(16,17)6-4-7-1-2-9(12)18-7/h1-2,8,13H,3-6H2,(H,14,15)/t8-/m0/s1. The Bertz CT molecular complexity index is 529. The van der Waals surface area contributed by atoms with Crippen LogP contribution in [0.25, 0.3) is 0 Å². The molecule has 0 amide bonds. The van der Waals surface area contributed by atoms with E-state index in [0.29, 0.717) is 10.8 Å². The highest BCUT2D eigenvalue weighted by Crippen LogP contribution is 2.21. The number of hydrogen-bond acceptors (Lipinski definition) is 4. The summed E-state index contributed by atoms with van der Waals surface area (Å²) in [5, 5.41) is 8.86. The first-order valence-corrected chi connectivity index (χ1v) is 8.75. The van der Waals surface area contributed by atoms with Gasteiger partial charge in [-0.15, -0.1) is 22.9 Å². The maximum Gasteiger partial charge on any atom is 0.321 e. The minimum Gasteiger partial charge on any atom is -0.480 e. The minimum absolute atomic E-state index is 0.0426. The highest BCUT2D eigenvalue weighted by molar-refractivity contribution is 7.89. The predicted octanol–water partition coefficient (Wildman–Crippen LogP) is 1.95. The number of sulfonamides is 1. The number of rotatable bonds is 8. The molecule has 0 radical (unpaired) electrons. The summed E-state index contributed by atoms with van der Waals surface area (Å²) in [6.07, 6.45) is 0.334. The molecular formula is C10H13Cl2NO4S2. The molecular weight excluding hydrogens is 333 g/mol. The number of hydrogen-bond donors (Lipinski definition) is 2. The Balaban J connectivity index is 2.57. The molecule has 1 rings (SSSR count). The van der Waals surface area contributed by atoms with Gasteiger partial charge in [0, 0.05) is 10.8 Å². The fraction of sp³-hybridized carbons (Fsp3) is 0.500. The van der Waals surface area contributed by atoms with Crippen molar-refractivity contribution in [3.63, 3.8) is 0 Å². The van der Waals surface area contributed by atoms with Crippen LogP contribution in [-0.4, -0.2) is 37.2 Å². The lowest BCUT2D eigenvalue weighted by atomic mass is 10.2. The molecule has 9 heteroatoms. The van der Waals surface area contributed by atoms with Gasteiger partial charge in [-0.3, -0.25) is 4.79 Å². The fourth-order valence-corrected chi connectivity index (χ4v) is 4.03. The van der Waals surface area contributed by atoms with Crippen LogP contribution in [0.2, 0.25) is 4.34 Å². The molecule has 0 unspecified atom stereocenters. The maximum atomic E-state index is 11.8. The van der Waals surface area contributed by atoms with Crippen LogP contribution in [0.15, 0.2) is 12.1 Å². The zero-order valence-electron chi connectivity index (χ0n) is 9.80. The molecule has 0 saturated carbocycles. The Morgan fingerprint density at radius 1 is 1.47 bits per heavy atom. The van der Waals surface area contributed by atoms with E-state index in [4.69, 9.17) is 28.3 Å². The zero-order valence-corrected chi connectivity index (χ0v) is 12.9. The molecule has 1 heterocycles. The lowest BCUT2D eigenvalue weighted by Gasteiger charge is -2.13. The molecule has 108 valence electrons. The molecule has 0 aromatic carbocycles. The van der Waals surface area contributed by atoms with Crippen LogP contribution in [0.4, 0.5) is 0 Å². The molecule has 19 heavy (non-hydrogen) atoms. The van der Waals surface area contributed by atoms with Crippen molar-refractivity contribution in [3.05, 3.63) is 21.3 Å². The topological polar surface area (TPSA) is 83.5 Å². The van der Waals surface area contributed by atoms with Crippen molar-refractivity contribution in [1.29, 1.82) is 0 Å². The van der Waals surface area contributed by atoms with Gasteiger partial charge in [0.15, 0.2) is 0 Å². The van der Waals surface area contributed by atoms with E-state index in [1.165, 1.54) is 11.3 Å². The molecule has 0 aliphatic heterocycles. The molecule has 5 nitrogen and oxygen atoms in total. The van der Waals surface area contributed by atoms with Crippen LogP contribution in [0.1, 0.15) is 11.3 Å². The number of aliphatic carboxylic acids is 1. The van der Waals surface area contributed by atoms with Gasteiger partial charge in [0.2, 0.25) is 10.0 Å². The monoisotopic (exact) mass is 345 g/mol. The number of halogens is 2. The SMILES string of the molecule is O=C(O)[C@H](CCCl)NS(=O)(=O)CCc1ccc(Cl)s1. The molecule has 0 fully saturated rings. The van der Waals surface area contributed by atoms with Crippen LogP contribution in [-0.2, 0) is 21.2 Å². The summed E-state index contributed by atoms with van der Waals surface area (Å²) in [6, 6.07) is 2.25. The number of alkyl halides is 1. The number of aryl methyl sites for hydroxylation is 1. The predicted molar refractivity (Wildman–Crippen MR) is 76.7 cm³/mol. The maximum absolute atomic E-state index is 11.8. The average Bonchev–Trinajstić information content (AvgIpc) is 2.72. The van der Waals surface area contributed by atoms with Gasteiger partial charge in [-0.25, -0.2) is 13.1 Å². The fourth-order valence-electron chi connectivity index (χ4n) is 1.34. The summed E-state index contributed by atoms with van der Waals surface area (Å²) in [5.41, 5.74) is 0. The number of carbonyl (C=O) groups is 1. The van der Waals surface area contributed by atoms with Crippen LogP contribution in [0.5, 0.6) is 0 Å². The second kappa shape index (κ2) is 7.44. The van der Waals surface area contributed by atoms with Crippen molar-refractivity contribution < 1.29 is 18.3 Å². The van der Waals surface area contributed by atoms with Crippen molar-refractivity contribution in [3.8, 4) is 0 Å². The molecule has 0 bridgehead atoms. The second-order valence-corrected chi connectivity index (χ2v) is 7.81. The molecule has 0 aliphatic rings. The van der Waals surface area contributed by atoms with E-state index in [0.717, 1.165) is 4.88 Å². The molecule has 0 aliphatic carbocycles. The van der Waals surface area contributed by atoms with Crippen molar-refractivity contribution in [1.82, 2.24) is 4.72 Å². The summed E-state index contributed by atoms with van der Waals surface area (Å²) in [5.74, 6) is -1.35. The first kappa shape index (κ1) is 16.7. The van der Waals surface area contributed by atoms with E-state index < -0.39 is 22.0 Å². The second-order valence-electron chi connectivity index (χ2n) is 3.76. The Labute approximate surface area is 125 Å². The summed E-state index contributed by atoms with van der Waals surface area (Å²) in [7, 11) is -3.66. The van der Waals surface area contributed by atoms with Gasteiger partial charge < -0.3 is 5.11 Å². The summed E-state index contributed by atoms with van der Waals surface area (Å²) < 4.78 is 26.2. The normalized spacial score (nSPS) is 13.4. The molecule has 1 aromatic rings. The smallest absolute Gasteiger partial charge is 0.321 e. The molecule has 2 N–H and O–H groups in total. The van der Waals surface area contributed by atoms with Gasteiger partial charge in [-0.05, 0) is 25.0 Å². The third kappa shape index (κ3) is 6.09. The Hall–Kier alpha value is -0.340. The molecule has 0 spiro atoms. The van der Waals surface area contributed by atoms with E-state index in [2.05, 4.69) is 4.72 Å². The lowest BCUT2D eigenvalue weighted by molar-refractivity contribution is -0.139. The molecule has 1 atom stereocenters. The van der Waals surface area contributed by atoms with Crippen molar-refractivity contribution in [2.24, 2.45) is 0 Å². The highest BCUT2D eigenvalue weighted by Gasteiger charge is 2.23. The van der Waals surface area contributed by atoms with Crippen molar-refractivity contribution >= 4 is 50.5 Å². The first-order valence-electron chi connectivity index (χ1n) is 5.37. The van der Waals surface area contributed by atoms with Gasteiger partial charge in [0.05, 0.1) is 10.1 Å². The summed E-state index contributed by atoms with van der Waals surface area (Å²) >= 11 is 12.5. The van der Waals surface area contributed by atoms with Gasteiger partial charge in [-0.2, -0.15) is 0 Å². The minimum atomic E-state index is -3.66. The molecule has 1 aromatic heterocycles. The van der Waals surface area contributed by atoms with Gasteiger partial charge >= 0.3 is 5.97 Å². The lowest BCUT2D eigenvalue weighted by Crippen LogP contribution is -2.42. The number of nitrogens with one attached hydrogen (secondary N) is 1.